The van der Waals surface area contributed by atoms with Gasteiger partial charge in [-0.1, -0.05) is 12.1 Å². The molecule has 1 aliphatic heterocycles. The summed E-state index contributed by atoms with van der Waals surface area (Å²) < 4.78 is 11.0. The molecular formula is C23H28N2O4. The Labute approximate surface area is 171 Å². The molecule has 0 amide bonds. The Hall–Kier alpha value is -2.60. The van der Waals surface area contributed by atoms with Crippen molar-refractivity contribution in [2.24, 2.45) is 0 Å². The van der Waals surface area contributed by atoms with E-state index in [0.29, 0.717) is 29.7 Å². The van der Waals surface area contributed by atoms with Crippen LogP contribution in [0, 0.1) is 6.92 Å². The lowest BCUT2D eigenvalue weighted by molar-refractivity contribution is 0.0156. The van der Waals surface area contributed by atoms with Crippen LogP contribution in [0.2, 0.25) is 0 Å². The number of nitrogens with zero attached hydrogens (tertiary/aromatic N) is 1. The van der Waals surface area contributed by atoms with Gasteiger partial charge >= 0.3 is 5.97 Å². The number of H-pyrrole nitrogens is 1. The van der Waals surface area contributed by atoms with E-state index in [0.717, 1.165) is 36.4 Å². The topological polar surface area (TPSA) is 71.6 Å². The third-order valence-electron chi connectivity index (χ3n) is 6.00. The number of aromatic amines is 1. The summed E-state index contributed by atoms with van der Waals surface area (Å²) in [5.74, 6) is -0.216. The fourth-order valence-corrected chi connectivity index (χ4v) is 4.33. The Balaban J connectivity index is 1.51. The van der Waals surface area contributed by atoms with E-state index in [1.54, 1.807) is 0 Å². The van der Waals surface area contributed by atoms with E-state index >= 15 is 0 Å². The zero-order chi connectivity index (χ0) is 20.5. The van der Waals surface area contributed by atoms with E-state index in [4.69, 9.17) is 9.47 Å². The van der Waals surface area contributed by atoms with Crippen LogP contribution in [-0.4, -0.2) is 50.1 Å². The number of hydrogen-bond donors (Lipinski definition) is 1. The van der Waals surface area contributed by atoms with Gasteiger partial charge in [-0.2, -0.15) is 0 Å². The van der Waals surface area contributed by atoms with Gasteiger partial charge < -0.3 is 19.4 Å². The van der Waals surface area contributed by atoms with Crippen molar-refractivity contribution in [3.05, 3.63) is 52.3 Å². The van der Waals surface area contributed by atoms with Crippen LogP contribution in [0.4, 0.5) is 5.69 Å². The molecule has 1 N–H and O–H groups in total. The van der Waals surface area contributed by atoms with Gasteiger partial charge in [0.2, 0.25) is 0 Å². The predicted octanol–water partition coefficient (Wildman–Crippen LogP) is 3.64. The molecule has 6 nitrogen and oxygen atoms in total. The Morgan fingerprint density at radius 1 is 1.24 bits per heavy atom. The molecule has 0 spiro atoms. The Morgan fingerprint density at radius 3 is 2.66 bits per heavy atom. The number of benzene rings is 1. The minimum absolute atomic E-state index is 0.0139. The molecule has 2 atom stereocenters. The Bertz CT molecular complexity index is 908. The number of aromatic nitrogens is 1. The molecule has 1 aromatic carbocycles. The summed E-state index contributed by atoms with van der Waals surface area (Å²) in [6.07, 6.45) is 3.07. The van der Waals surface area contributed by atoms with Crippen LogP contribution in [0.25, 0.3) is 0 Å². The van der Waals surface area contributed by atoms with Crippen molar-refractivity contribution >= 4 is 17.4 Å². The third-order valence-corrected chi connectivity index (χ3v) is 6.00. The van der Waals surface area contributed by atoms with Crippen molar-refractivity contribution in [2.45, 2.75) is 44.6 Å². The van der Waals surface area contributed by atoms with Gasteiger partial charge in [0.1, 0.15) is 12.3 Å². The highest BCUT2D eigenvalue weighted by molar-refractivity contribution is 6.03. The second-order valence-electron chi connectivity index (χ2n) is 8.23. The molecule has 0 bridgehead atoms. The average molecular weight is 396 g/mol. The molecule has 1 aromatic heterocycles. The van der Waals surface area contributed by atoms with Crippen LogP contribution in [0.3, 0.4) is 0 Å². The van der Waals surface area contributed by atoms with E-state index in [-0.39, 0.29) is 24.4 Å². The maximum atomic E-state index is 12.9. The molecule has 1 fully saturated rings. The molecule has 154 valence electrons. The van der Waals surface area contributed by atoms with Crippen LogP contribution in [-0.2, 0) is 15.9 Å². The van der Waals surface area contributed by atoms with Gasteiger partial charge in [-0.25, -0.2) is 4.79 Å². The molecule has 4 rings (SSSR count). The molecular weight excluding hydrogens is 368 g/mol. The van der Waals surface area contributed by atoms with Gasteiger partial charge in [0, 0.05) is 44.1 Å². The lowest BCUT2D eigenvalue weighted by atomic mass is 9.81. The highest BCUT2D eigenvalue weighted by Gasteiger charge is 2.32. The van der Waals surface area contributed by atoms with E-state index in [9.17, 15) is 9.59 Å². The van der Waals surface area contributed by atoms with Crippen LogP contribution in [0.15, 0.2) is 24.3 Å². The summed E-state index contributed by atoms with van der Waals surface area (Å²) in [5.41, 5.74) is 4.86. The number of carbonyl (C=O) groups excluding carboxylic acids is 2. The fraction of sp³-hybridized carbons (Fsp3) is 0.478. The van der Waals surface area contributed by atoms with Gasteiger partial charge in [-0.15, -0.1) is 0 Å². The second kappa shape index (κ2) is 8.03. The van der Waals surface area contributed by atoms with Crippen LogP contribution < -0.4 is 4.90 Å². The predicted molar refractivity (Wildman–Crippen MR) is 111 cm³/mol. The molecule has 29 heavy (non-hydrogen) atoms. The first-order chi connectivity index (χ1) is 13.9. The second-order valence-corrected chi connectivity index (χ2v) is 8.23. The quantitative estimate of drug-likeness (QED) is 0.782. The van der Waals surface area contributed by atoms with Crippen molar-refractivity contribution < 1.29 is 19.1 Å². The van der Waals surface area contributed by atoms with Crippen molar-refractivity contribution in [3.63, 3.8) is 0 Å². The van der Waals surface area contributed by atoms with Crippen LogP contribution in [0.5, 0.6) is 0 Å². The number of carbonyl (C=O) groups is 2. The van der Waals surface area contributed by atoms with Gasteiger partial charge in [-0.3, -0.25) is 4.79 Å². The number of ketones is 1. The van der Waals surface area contributed by atoms with Gasteiger partial charge in [0.25, 0.3) is 0 Å². The number of nitrogens with one attached hydrogen (secondary N) is 1. The average Bonchev–Trinajstić information content (AvgIpc) is 3.34. The van der Waals surface area contributed by atoms with E-state index in [2.05, 4.69) is 34.1 Å². The number of fused-ring (bicyclic) bond motifs is 1. The van der Waals surface area contributed by atoms with E-state index < -0.39 is 5.97 Å². The van der Waals surface area contributed by atoms with Crippen molar-refractivity contribution in [1.29, 1.82) is 0 Å². The van der Waals surface area contributed by atoms with Crippen molar-refractivity contribution in [2.75, 3.05) is 32.2 Å². The fourth-order valence-electron chi connectivity index (χ4n) is 4.33. The van der Waals surface area contributed by atoms with E-state index in [1.807, 2.05) is 21.0 Å². The molecule has 1 saturated heterocycles. The third kappa shape index (κ3) is 3.94. The van der Waals surface area contributed by atoms with Crippen molar-refractivity contribution in [1.82, 2.24) is 4.98 Å². The standard InChI is InChI=1S/C23H28N2O4/c1-14-21-19(24-22(14)23(27)29-13-18-5-4-10-28-18)11-16(12-20(21)26)15-6-8-17(9-7-15)25(2)3/h6-9,16,18,24H,4-5,10-13H2,1-3H3/t16-,18-/m1/s1. The Kier molecular flexibility index (Phi) is 5.46. The number of ether oxygens (including phenoxy) is 2. The SMILES string of the molecule is Cc1c(C(=O)OC[C@H]2CCCO2)[nH]c2c1C(=O)C[C@H](c1ccc(N(C)C)cc1)C2. The van der Waals surface area contributed by atoms with Gasteiger partial charge in [0.05, 0.1) is 6.10 Å². The summed E-state index contributed by atoms with van der Waals surface area (Å²) in [5, 5.41) is 0. The molecule has 0 unspecified atom stereocenters. The highest BCUT2D eigenvalue weighted by Crippen LogP contribution is 2.35. The Morgan fingerprint density at radius 2 is 2.00 bits per heavy atom. The largest absolute Gasteiger partial charge is 0.458 e. The maximum Gasteiger partial charge on any atom is 0.355 e. The molecule has 1 aliphatic carbocycles. The summed E-state index contributed by atoms with van der Waals surface area (Å²) in [7, 11) is 4.01. The first kappa shape index (κ1) is 19.7. The number of rotatable bonds is 5. The zero-order valence-corrected chi connectivity index (χ0v) is 17.3. The van der Waals surface area contributed by atoms with Gasteiger partial charge in [0.15, 0.2) is 5.78 Å². The first-order valence-electron chi connectivity index (χ1n) is 10.2. The zero-order valence-electron chi connectivity index (χ0n) is 17.3. The molecule has 0 saturated carbocycles. The number of esters is 1. The maximum absolute atomic E-state index is 12.9. The van der Waals surface area contributed by atoms with Crippen LogP contribution in [0.1, 0.15) is 62.8 Å². The summed E-state index contributed by atoms with van der Waals surface area (Å²) in [4.78, 5) is 30.7. The van der Waals surface area contributed by atoms with E-state index in [1.165, 1.54) is 0 Å². The van der Waals surface area contributed by atoms with Crippen molar-refractivity contribution in [3.8, 4) is 0 Å². The highest BCUT2D eigenvalue weighted by atomic mass is 16.6. The molecule has 2 aliphatic rings. The molecule has 6 heteroatoms. The lowest BCUT2D eigenvalue weighted by Crippen LogP contribution is -2.19. The molecule has 0 radical (unpaired) electrons. The first-order valence-corrected chi connectivity index (χ1v) is 10.2. The summed E-state index contributed by atoms with van der Waals surface area (Å²) >= 11 is 0. The minimum atomic E-state index is -0.410. The monoisotopic (exact) mass is 396 g/mol. The molecule has 2 aromatic rings. The van der Waals surface area contributed by atoms with Crippen LogP contribution >= 0.6 is 0 Å². The normalized spacial score (nSPS) is 21.1. The lowest BCUT2D eigenvalue weighted by Gasteiger charge is -2.23. The smallest absolute Gasteiger partial charge is 0.355 e. The number of hydrogen-bond acceptors (Lipinski definition) is 5. The molecule has 2 heterocycles. The summed E-state index contributed by atoms with van der Waals surface area (Å²) in [6, 6.07) is 8.32. The number of anilines is 1. The minimum Gasteiger partial charge on any atom is -0.458 e. The number of Topliss-reactive ketones (excluding diaryl/α,β-unsaturated/α-hetero) is 1. The van der Waals surface area contributed by atoms with Gasteiger partial charge in [-0.05, 0) is 55.4 Å². The summed E-state index contributed by atoms with van der Waals surface area (Å²) in [6.45, 7) is 2.81.